The Bertz CT molecular complexity index is 1020. The SMILES string of the molecule is C/C(=N/NC(=O)c1nnn(-c2nonc2N)c1CN1CCCCCC1)c1cccs1. The number of hydrazone groups is 1. The molecule has 0 aliphatic carbocycles. The van der Waals surface area contributed by atoms with Gasteiger partial charge in [0.1, 0.15) is 0 Å². The highest BCUT2D eigenvalue weighted by molar-refractivity contribution is 7.12. The summed E-state index contributed by atoms with van der Waals surface area (Å²) in [5, 5.41) is 21.8. The van der Waals surface area contributed by atoms with Gasteiger partial charge in [-0.05, 0) is 54.6 Å². The van der Waals surface area contributed by atoms with Gasteiger partial charge in [0.2, 0.25) is 11.6 Å². The van der Waals surface area contributed by atoms with Crippen molar-refractivity contribution in [3.05, 3.63) is 33.8 Å². The van der Waals surface area contributed by atoms with Gasteiger partial charge in [0.25, 0.3) is 5.91 Å². The lowest BCUT2D eigenvalue weighted by Crippen LogP contribution is -2.28. The molecule has 158 valence electrons. The standard InChI is InChI=1S/C18H23N9O2S/c1-12(14-7-6-10-30-14)20-22-18(28)15-13(11-26-8-4-2-3-5-9-26)27(25-21-15)17-16(19)23-29-24-17/h6-7,10H,2-5,8-9,11H2,1H3,(H2,19,23)(H,22,28)/b20-12-. The van der Waals surface area contributed by atoms with Gasteiger partial charge in [-0.15, -0.1) is 16.4 Å². The van der Waals surface area contributed by atoms with E-state index < -0.39 is 5.91 Å². The molecule has 3 aromatic rings. The maximum Gasteiger partial charge on any atom is 0.293 e. The van der Waals surface area contributed by atoms with Gasteiger partial charge in [0.15, 0.2) is 5.69 Å². The van der Waals surface area contributed by atoms with Gasteiger partial charge in [-0.2, -0.15) is 9.78 Å². The Kier molecular flexibility index (Phi) is 6.14. The number of nitrogens with one attached hydrogen (secondary N) is 1. The van der Waals surface area contributed by atoms with Crippen LogP contribution >= 0.6 is 11.3 Å². The van der Waals surface area contributed by atoms with E-state index in [1.165, 1.54) is 17.5 Å². The summed E-state index contributed by atoms with van der Waals surface area (Å²) in [6, 6.07) is 3.87. The number of aromatic nitrogens is 5. The maximum absolute atomic E-state index is 12.9. The van der Waals surface area contributed by atoms with E-state index in [-0.39, 0.29) is 17.3 Å². The van der Waals surface area contributed by atoms with Gasteiger partial charge in [-0.25, -0.2) is 10.1 Å². The number of thiophene rings is 1. The lowest BCUT2D eigenvalue weighted by atomic mass is 10.2. The zero-order chi connectivity index (χ0) is 20.9. The highest BCUT2D eigenvalue weighted by Gasteiger charge is 2.26. The van der Waals surface area contributed by atoms with E-state index in [4.69, 9.17) is 10.4 Å². The van der Waals surface area contributed by atoms with Crippen molar-refractivity contribution >= 4 is 28.8 Å². The first-order valence-corrected chi connectivity index (χ1v) is 10.7. The van der Waals surface area contributed by atoms with E-state index >= 15 is 0 Å². The fraction of sp³-hybridized carbons (Fsp3) is 0.444. The second-order valence-electron chi connectivity index (χ2n) is 7.08. The average Bonchev–Trinajstić information content (AvgIpc) is 3.45. The highest BCUT2D eigenvalue weighted by atomic mass is 32.1. The van der Waals surface area contributed by atoms with Crippen molar-refractivity contribution in [3.63, 3.8) is 0 Å². The van der Waals surface area contributed by atoms with E-state index in [1.54, 1.807) is 11.3 Å². The van der Waals surface area contributed by atoms with E-state index in [1.807, 2.05) is 24.4 Å². The summed E-state index contributed by atoms with van der Waals surface area (Å²) in [5.74, 6) is -0.155. The third-order valence-corrected chi connectivity index (χ3v) is 5.93. The van der Waals surface area contributed by atoms with Crippen LogP contribution in [0.4, 0.5) is 5.82 Å². The van der Waals surface area contributed by atoms with E-state index in [9.17, 15) is 4.79 Å². The normalized spacial score (nSPS) is 15.8. The number of amides is 1. The van der Waals surface area contributed by atoms with Crippen LogP contribution in [0.1, 0.15) is 53.7 Å². The van der Waals surface area contributed by atoms with Crippen molar-refractivity contribution in [2.75, 3.05) is 18.8 Å². The number of anilines is 1. The molecule has 12 heteroatoms. The minimum Gasteiger partial charge on any atom is -0.378 e. The second kappa shape index (κ2) is 9.13. The summed E-state index contributed by atoms with van der Waals surface area (Å²) >= 11 is 1.55. The van der Waals surface area contributed by atoms with E-state index in [0.29, 0.717) is 18.0 Å². The molecule has 3 N–H and O–H groups in total. The molecule has 30 heavy (non-hydrogen) atoms. The van der Waals surface area contributed by atoms with Gasteiger partial charge in [0.05, 0.1) is 11.4 Å². The molecule has 0 spiro atoms. The molecule has 0 radical (unpaired) electrons. The molecule has 1 aliphatic rings. The van der Waals surface area contributed by atoms with E-state index in [2.05, 4.69) is 36.1 Å². The first kappa shape index (κ1) is 20.2. The quantitative estimate of drug-likeness (QED) is 0.447. The minimum atomic E-state index is -0.447. The first-order valence-electron chi connectivity index (χ1n) is 9.77. The lowest BCUT2D eigenvalue weighted by Gasteiger charge is -2.20. The summed E-state index contributed by atoms with van der Waals surface area (Å²) in [5.41, 5.74) is 9.88. The minimum absolute atomic E-state index is 0.0792. The van der Waals surface area contributed by atoms with Gasteiger partial charge in [-0.3, -0.25) is 9.69 Å². The highest BCUT2D eigenvalue weighted by Crippen LogP contribution is 2.19. The van der Waals surface area contributed by atoms with Crippen LogP contribution in [0, 0.1) is 0 Å². The molecule has 0 atom stereocenters. The summed E-state index contributed by atoms with van der Waals surface area (Å²) < 4.78 is 6.12. The predicted octanol–water partition coefficient (Wildman–Crippen LogP) is 1.82. The van der Waals surface area contributed by atoms with Gasteiger partial charge in [0, 0.05) is 11.4 Å². The molecule has 1 aliphatic heterocycles. The van der Waals surface area contributed by atoms with Crippen LogP contribution in [0.5, 0.6) is 0 Å². The third-order valence-electron chi connectivity index (χ3n) is 4.95. The molecule has 3 aromatic heterocycles. The molecule has 4 heterocycles. The topological polar surface area (TPSA) is 140 Å². The summed E-state index contributed by atoms with van der Waals surface area (Å²) in [7, 11) is 0. The summed E-state index contributed by atoms with van der Waals surface area (Å²) in [6.07, 6.45) is 4.64. The number of likely N-dealkylation sites (tertiary alicyclic amines) is 1. The Balaban J connectivity index is 1.61. The number of nitrogens with two attached hydrogens (primary N) is 1. The van der Waals surface area contributed by atoms with E-state index in [0.717, 1.165) is 30.8 Å². The van der Waals surface area contributed by atoms with Crippen LogP contribution in [0.3, 0.4) is 0 Å². The van der Waals surface area contributed by atoms with Crippen molar-refractivity contribution in [2.24, 2.45) is 5.10 Å². The lowest BCUT2D eigenvalue weighted by molar-refractivity contribution is 0.0947. The Morgan fingerprint density at radius 1 is 1.30 bits per heavy atom. The number of carbonyl (C=O) groups excluding carboxylic acids is 1. The largest absolute Gasteiger partial charge is 0.378 e. The fourth-order valence-corrected chi connectivity index (χ4v) is 4.04. The molecule has 11 nitrogen and oxygen atoms in total. The Labute approximate surface area is 176 Å². The van der Waals surface area contributed by atoms with Crippen molar-refractivity contribution in [3.8, 4) is 5.82 Å². The van der Waals surface area contributed by atoms with Crippen LogP contribution in [0.15, 0.2) is 27.2 Å². The zero-order valence-electron chi connectivity index (χ0n) is 16.6. The average molecular weight is 430 g/mol. The number of carbonyl (C=O) groups is 1. The Hall–Kier alpha value is -3.12. The third kappa shape index (κ3) is 4.39. The van der Waals surface area contributed by atoms with Crippen LogP contribution < -0.4 is 11.2 Å². The van der Waals surface area contributed by atoms with Crippen molar-refractivity contribution in [1.82, 2.24) is 35.6 Å². The second-order valence-corrected chi connectivity index (χ2v) is 8.02. The van der Waals surface area contributed by atoms with Crippen LogP contribution in [0.2, 0.25) is 0 Å². The van der Waals surface area contributed by atoms with Crippen LogP contribution in [-0.4, -0.2) is 54.9 Å². The number of nitrogen functional groups attached to an aromatic ring is 1. The molecular formula is C18H23N9O2S. The Morgan fingerprint density at radius 2 is 2.10 bits per heavy atom. The van der Waals surface area contributed by atoms with Crippen molar-refractivity contribution in [1.29, 1.82) is 0 Å². The van der Waals surface area contributed by atoms with Crippen molar-refractivity contribution < 1.29 is 9.42 Å². The molecule has 0 saturated carbocycles. The van der Waals surface area contributed by atoms with Gasteiger partial charge < -0.3 is 5.73 Å². The van der Waals surface area contributed by atoms with Gasteiger partial charge in [-0.1, -0.05) is 24.1 Å². The van der Waals surface area contributed by atoms with Crippen LogP contribution in [0.25, 0.3) is 5.82 Å². The first-order chi connectivity index (χ1) is 14.6. The number of hydrogen-bond acceptors (Lipinski definition) is 10. The number of rotatable bonds is 6. The van der Waals surface area contributed by atoms with Crippen molar-refractivity contribution in [2.45, 2.75) is 39.2 Å². The maximum atomic E-state index is 12.9. The molecule has 1 saturated heterocycles. The van der Waals surface area contributed by atoms with Gasteiger partial charge >= 0.3 is 0 Å². The molecule has 0 unspecified atom stereocenters. The molecule has 0 bridgehead atoms. The molecule has 4 rings (SSSR count). The molecule has 1 fully saturated rings. The monoisotopic (exact) mass is 429 g/mol. The smallest absolute Gasteiger partial charge is 0.293 e. The molecular weight excluding hydrogens is 406 g/mol. The number of hydrogen-bond donors (Lipinski definition) is 2. The zero-order valence-corrected chi connectivity index (χ0v) is 17.4. The Morgan fingerprint density at radius 3 is 2.77 bits per heavy atom. The number of nitrogens with zero attached hydrogens (tertiary/aromatic N) is 7. The summed E-state index contributed by atoms with van der Waals surface area (Å²) in [6.45, 7) is 4.20. The molecule has 1 amide bonds. The predicted molar refractivity (Wildman–Crippen MR) is 111 cm³/mol. The summed E-state index contributed by atoms with van der Waals surface area (Å²) in [4.78, 5) is 16.1. The van der Waals surface area contributed by atoms with Crippen LogP contribution in [-0.2, 0) is 6.54 Å². The molecule has 0 aromatic carbocycles. The fourth-order valence-electron chi connectivity index (χ4n) is 3.36.